The van der Waals surface area contributed by atoms with Gasteiger partial charge in [-0.1, -0.05) is 29.3 Å². The number of nitrogens with one attached hydrogen (secondary N) is 1. The van der Waals surface area contributed by atoms with Gasteiger partial charge in [0, 0.05) is 16.0 Å². The molecule has 6 heteroatoms. The monoisotopic (exact) mass is 313 g/mol. The van der Waals surface area contributed by atoms with Crippen LogP contribution in [0, 0.1) is 5.92 Å². The van der Waals surface area contributed by atoms with E-state index in [9.17, 15) is 9.59 Å². The zero-order valence-electron chi connectivity index (χ0n) is 10.5. The molecule has 1 aromatic rings. The number of carboxylic acid groups (broad SMARTS) is 1. The highest BCUT2D eigenvalue weighted by atomic mass is 35.5. The van der Waals surface area contributed by atoms with Gasteiger partial charge in [0.15, 0.2) is 0 Å². The predicted molar refractivity (Wildman–Crippen MR) is 75.1 cm³/mol. The molecule has 4 nitrogen and oxygen atoms in total. The van der Waals surface area contributed by atoms with E-state index in [2.05, 4.69) is 5.32 Å². The van der Waals surface area contributed by atoms with Gasteiger partial charge in [0.1, 0.15) is 5.54 Å². The van der Waals surface area contributed by atoms with Gasteiger partial charge in [-0.3, -0.25) is 4.79 Å². The number of hydrogen-bond acceptors (Lipinski definition) is 2. The molecule has 1 aromatic carbocycles. The van der Waals surface area contributed by atoms with E-state index in [4.69, 9.17) is 28.3 Å². The quantitative estimate of drug-likeness (QED) is 0.898. The normalized spacial score (nSPS) is 25.9. The summed E-state index contributed by atoms with van der Waals surface area (Å²) < 4.78 is 0. The molecule has 2 fully saturated rings. The molecule has 2 N–H and O–H groups in total. The summed E-state index contributed by atoms with van der Waals surface area (Å²) in [4.78, 5) is 23.1. The number of amides is 1. The number of carbonyl (C=O) groups is 2. The van der Waals surface area contributed by atoms with Gasteiger partial charge in [-0.05, 0) is 42.9 Å². The van der Waals surface area contributed by atoms with Crippen LogP contribution < -0.4 is 5.32 Å². The van der Waals surface area contributed by atoms with E-state index in [0.29, 0.717) is 29.3 Å². The third-order valence-corrected chi connectivity index (χ3v) is 4.57. The summed E-state index contributed by atoms with van der Waals surface area (Å²) in [6.45, 7) is 0. The van der Waals surface area contributed by atoms with Gasteiger partial charge in [0.05, 0.1) is 0 Å². The van der Waals surface area contributed by atoms with Gasteiger partial charge in [-0.15, -0.1) is 0 Å². The van der Waals surface area contributed by atoms with E-state index in [-0.39, 0.29) is 17.7 Å². The molecule has 0 aromatic heterocycles. The van der Waals surface area contributed by atoms with Crippen molar-refractivity contribution in [2.75, 3.05) is 0 Å². The summed E-state index contributed by atoms with van der Waals surface area (Å²) >= 11 is 12.0. The van der Waals surface area contributed by atoms with Crippen LogP contribution >= 0.6 is 23.2 Å². The van der Waals surface area contributed by atoms with Crippen LogP contribution in [0.4, 0.5) is 0 Å². The summed E-state index contributed by atoms with van der Waals surface area (Å²) in [6, 6.07) is 5.23. The predicted octanol–water partition coefficient (Wildman–Crippen LogP) is 2.83. The summed E-state index contributed by atoms with van der Waals surface area (Å²) in [5.41, 5.74) is -0.120. The van der Waals surface area contributed by atoms with Gasteiger partial charge >= 0.3 is 5.97 Å². The van der Waals surface area contributed by atoms with Crippen LogP contribution in [0.1, 0.15) is 30.7 Å². The Morgan fingerprint density at radius 1 is 1.30 bits per heavy atom. The second-order valence-electron chi connectivity index (χ2n) is 5.49. The molecular formula is C14H13Cl2NO3. The Morgan fingerprint density at radius 2 is 2.00 bits per heavy atom. The highest BCUT2D eigenvalue weighted by Gasteiger charge is 2.55. The van der Waals surface area contributed by atoms with Crippen molar-refractivity contribution >= 4 is 35.1 Å². The molecule has 20 heavy (non-hydrogen) atoms. The maximum atomic E-state index is 12.1. The van der Waals surface area contributed by atoms with Crippen molar-refractivity contribution in [3.05, 3.63) is 33.8 Å². The Labute approximate surface area is 126 Å². The van der Waals surface area contributed by atoms with Crippen LogP contribution in [0.3, 0.4) is 0 Å². The molecule has 2 aliphatic carbocycles. The van der Waals surface area contributed by atoms with E-state index in [1.165, 1.54) is 0 Å². The number of aliphatic carboxylic acids is 1. The zero-order chi connectivity index (χ0) is 14.5. The fraction of sp³-hybridized carbons (Fsp3) is 0.429. The smallest absolute Gasteiger partial charge is 0.329 e. The van der Waals surface area contributed by atoms with E-state index in [0.717, 1.165) is 5.56 Å². The molecule has 2 unspecified atom stereocenters. The Balaban J connectivity index is 1.67. The first-order valence-electron chi connectivity index (χ1n) is 6.43. The molecule has 0 heterocycles. The third-order valence-electron chi connectivity index (χ3n) is 4.01. The number of rotatable bonds is 4. The number of carboxylic acids is 1. The fourth-order valence-corrected chi connectivity index (χ4v) is 3.03. The lowest BCUT2D eigenvalue weighted by Crippen LogP contribution is -2.43. The van der Waals surface area contributed by atoms with Crippen molar-refractivity contribution in [1.29, 1.82) is 0 Å². The first-order chi connectivity index (χ1) is 9.43. The standard InChI is InChI=1S/C14H13Cl2NO3/c15-7-1-2-8(11(16)5-7)9-6-10(9)12(18)17-14(3-4-14)13(19)20/h1-2,5,9-10H,3-4,6H2,(H,17,18)(H,19,20). The Hall–Kier alpha value is -1.26. The molecule has 0 spiro atoms. The SMILES string of the molecule is O=C(NC1(C(=O)O)CC1)C1CC1c1ccc(Cl)cc1Cl. The van der Waals surface area contributed by atoms with Crippen LogP contribution in [0.5, 0.6) is 0 Å². The largest absolute Gasteiger partial charge is 0.480 e. The van der Waals surface area contributed by atoms with E-state index < -0.39 is 11.5 Å². The number of benzene rings is 1. The summed E-state index contributed by atoms with van der Waals surface area (Å²) in [5, 5.41) is 12.8. The lowest BCUT2D eigenvalue weighted by atomic mass is 10.1. The number of hydrogen-bond donors (Lipinski definition) is 2. The first-order valence-corrected chi connectivity index (χ1v) is 7.19. The maximum Gasteiger partial charge on any atom is 0.329 e. The number of carbonyl (C=O) groups excluding carboxylic acids is 1. The highest BCUT2D eigenvalue weighted by molar-refractivity contribution is 6.35. The van der Waals surface area contributed by atoms with Crippen molar-refractivity contribution in [2.45, 2.75) is 30.7 Å². The van der Waals surface area contributed by atoms with Gasteiger partial charge in [0.2, 0.25) is 5.91 Å². The van der Waals surface area contributed by atoms with Gasteiger partial charge < -0.3 is 10.4 Å². The first kappa shape index (κ1) is 13.7. The second-order valence-corrected chi connectivity index (χ2v) is 6.33. The van der Waals surface area contributed by atoms with Crippen molar-refractivity contribution in [3.8, 4) is 0 Å². The number of halogens is 2. The molecule has 106 valence electrons. The van der Waals surface area contributed by atoms with Crippen LogP contribution in [0.2, 0.25) is 10.0 Å². The van der Waals surface area contributed by atoms with Crippen LogP contribution in [-0.2, 0) is 9.59 Å². The Bertz CT molecular complexity index is 598. The molecule has 1 amide bonds. The average molecular weight is 314 g/mol. The van der Waals surface area contributed by atoms with Gasteiger partial charge in [-0.25, -0.2) is 4.79 Å². The van der Waals surface area contributed by atoms with Gasteiger partial charge in [0.25, 0.3) is 0 Å². The molecular weight excluding hydrogens is 301 g/mol. The minimum absolute atomic E-state index is 0.0596. The van der Waals surface area contributed by atoms with E-state index in [1.807, 2.05) is 6.07 Å². The lowest BCUT2D eigenvalue weighted by Gasteiger charge is -2.12. The zero-order valence-corrected chi connectivity index (χ0v) is 12.0. The minimum atomic E-state index is -1.02. The molecule has 2 saturated carbocycles. The molecule has 0 radical (unpaired) electrons. The van der Waals surface area contributed by atoms with Crippen molar-refractivity contribution in [3.63, 3.8) is 0 Å². The van der Waals surface area contributed by atoms with Gasteiger partial charge in [-0.2, -0.15) is 0 Å². The van der Waals surface area contributed by atoms with Crippen LogP contribution in [-0.4, -0.2) is 22.5 Å². The Morgan fingerprint density at radius 3 is 2.55 bits per heavy atom. The molecule has 0 saturated heterocycles. The maximum absolute atomic E-state index is 12.1. The van der Waals surface area contributed by atoms with E-state index in [1.54, 1.807) is 12.1 Å². The van der Waals surface area contributed by atoms with E-state index >= 15 is 0 Å². The highest BCUT2D eigenvalue weighted by Crippen LogP contribution is 2.50. The summed E-state index contributed by atoms with van der Waals surface area (Å²) in [7, 11) is 0. The lowest BCUT2D eigenvalue weighted by molar-refractivity contribution is -0.143. The summed E-state index contributed by atoms with van der Waals surface area (Å²) in [5.74, 6) is -1.27. The Kier molecular flexibility index (Phi) is 3.18. The van der Waals surface area contributed by atoms with Crippen molar-refractivity contribution in [2.24, 2.45) is 5.92 Å². The summed E-state index contributed by atoms with van der Waals surface area (Å²) in [6.07, 6.45) is 1.71. The second kappa shape index (κ2) is 4.64. The van der Waals surface area contributed by atoms with Crippen molar-refractivity contribution in [1.82, 2.24) is 5.32 Å². The molecule has 0 aliphatic heterocycles. The van der Waals surface area contributed by atoms with Crippen LogP contribution in [0.15, 0.2) is 18.2 Å². The average Bonchev–Trinajstić information content (AvgIpc) is 3.22. The topological polar surface area (TPSA) is 66.4 Å². The third kappa shape index (κ3) is 2.38. The molecule has 3 rings (SSSR count). The molecule has 2 atom stereocenters. The fourth-order valence-electron chi connectivity index (χ4n) is 2.48. The minimum Gasteiger partial charge on any atom is -0.480 e. The molecule has 0 bridgehead atoms. The van der Waals surface area contributed by atoms with Crippen LogP contribution in [0.25, 0.3) is 0 Å². The molecule has 2 aliphatic rings. The van der Waals surface area contributed by atoms with Crippen molar-refractivity contribution < 1.29 is 14.7 Å².